The highest BCUT2D eigenvalue weighted by atomic mass is 15.3. The third kappa shape index (κ3) is 3.36. The van der Waals surface area contributed by atoms with Crippen LogP contribution in [0.2, 0.25) is 0 Å². The fourth-order valence-corrected chi connectivity index (χ4v) is 2.63. The van der Waals surface area contributed by atoms with Gasteiger partial charge < -0.3 is 5.32 Å². The topological polar surface area (TPSA) is 29.9 Å². The second-order valence-corrected chi connectivity index (χ2v) is 5.37. The molecule has 3 heteroatoms. The van der Waals surface area contributed by atoms with Crippen LogP contribution in [0.5, 0.6) is 0 Å². The Morgan fingerprint density at radius 3 is 2.85 bits per heavy atom. The third-order valence-electron chi connectivity index (χ3n) is 3.78. The van der Waals surface area contributed by atoms with Gasteiger partial charge in [0.1, 0.15) is 0 Å². The molecular formula is C17H21N3. The van der Waals surface area contributed by atoms with Crippen molar-refractivity contribution < 1.29 is 0 Å². The van der Waals surface area contributed by atoms with Crippen LogP contribution in [0.4, 0.5) is 0 Å². The molecule has 3 rings (SSSR count). The summed E-state index contributed by atoms with van der Waals surface area (Å²) < 4.78 is 1.93. The molecule has 2 aromatic rings. The van der Waals surface area contributed by atoms with E-state index in [1.54, 1.807) is 0 Å². The average molecular weight is 267 g/mol. The van der Waals surface area contributed by atoms with Crippen molar-refractivity contribution >= 4 is 0 Å². The standard InChI is InChI=1S/C17H21N3/c1-3-7-15(8-4-1)13-18-14-16-11-12-20(19-16)17-9-5-2-6-10-17/h1-3,5-6,9-12,15,18H,4,7-8,13-14H2. The number of hydrogen-bond donors (Lipinski definition) is 1. The fraction of sp³-hybridized carbons (Fsp3) is 0.353. The Kier molecular flexibility index (Phi) is 4.28. The molecule has 1 aromatic carbocycles. The lowest BCUT2D eigenvalue weighted by atomic mass is 9.94. The van der Waals surface area contributed by atoms with E-state index in [2.05, 4.69) is 40.8 Å². The van der Waals surface area contributed by atoms with E-state index in [-0.39, 0.29) is 0 Å². The highest BCUT2D eigenvalue weighted by Crippen LogP contribution is 2.17. The summed E-state index contributed by atoms with van der Waals surface area (Å²) in [6.45, 7) is 1.93. The first kappa shape index (κ1) is 13.1. The molecule has 1 heterocycles. The number of allylic oxidation sites excluding steroid dienone is 2. The Hall–Kier alpha value is -1.87. The molecule has 0 bridgehead atoms. The third-order valence-corrected chi connectivity index (χ3v) is 3.78. The number of hydrogen-bond acceptors (Lipinski definition) is 2. The number of nitrogens with one attached hydrogen (secondary N) is 1. The number of para-hydroxylation sites is 1. The van der Waals surface area contributed by atoms with Crippen LogP contribution in [-0.2, 0) is 6.54 Å². The molecule has 0 saturated heterocycles. The van der Waals surface area contributed by atoms with Crippen molar-refractivity contribution in [2.75, 3.05) is 6.54 Å². The highest BCUT2D eigenvalue weighted by Gasteiger charge is 2.09. The van der Waals surface area contributed by atoms with E-state index < -0.39 is 0 Å². The lowest BCUT2D eigenvalue weighted by molar-refractivity contribution is 0.438. The summed E-state index contributed by atoms with van der Waals surface area (Å²) in [5.74, 6) is 0.788. The van der Waals surface area contributed by atoms with Gasteiger partial charge in [-0.1, -0.05) is 30.4 Å². The minimum atomic E-state index is 0.788. The van der Waals surface area contributed by atoms with Crippen LogP contribution in [0, 0.1) is 5.92 Å². The molecule has 3 nitrogen and oxygen atoms in total. The van der Waals surface area contributed by atoms with E-state index >= 15 is 0 Å². The molecule has 0 amide bonds. The predicted molar refractivity (Wildman–Crippen MR) is 81.8 cm³/mol. The van der Waals surface area contributed by atoms with Gasteiger partial charge in [-0.3, -0.25) is 0 Å². The molecule has 1 atom stereocenters. The number of nitrogens with zero attached hydrogens (tertiary/aromatic N) is 2. The molecule has 0 saturated carbocycles. The van der Waals surface area contributed by atoms with E-state index in [1.807, 2.05) is 29.1 Å². The van der Waals surface area contributed by atoms with Crippen LogP contribution < -0.4 is 5.32 Å². The lowest BCUT2D eigenvalue weighted by Crippen LogP contribution is -2.23. The summed E-state index contributed by atoms with van der Waals surface area (Å²) in [4.78, 5) is 0. The molecule has 1 aliphatic carbocycles. The second-order valence-electron chi connectivity index (χ2n) is 5.37. The zero-order valence-corrected chi connectivity index (χ0v) is 11.7. The minimum absolute atomic E-state index is 0.788. The van der Waals surface area contributed by atoms with Gasteiger partial charge in [-0.25, -0.2) is 4.68 Å². The molecular weight excluding hydrogens is 246 g/mol. The Labute approximate surface area is 120 Å². The van der Waals surface area contributed by atoms with Gasteiger partial charge in [-0.15, -0.1) is 0 Å². The normalized spacial score (nSPS) is 18.3. The fourth-order valence-electron chi connectivity index (χ4n) is 2.63. The van der Waals surface area contributed by atoms with Crippen LogP contribution in [0.3, 0.4) is 0 Å². The Morgan fingerprint density at radius 1 is 1.15 bits per heavy atom. The van der Waals surface area contributed by atoms with Crippen LogP contribution in [0.25, 0.3) is 5.69 Å². The Bertz CT molecular complexity index is 557. The molecule has 1 aromatic heterocycles. The van der Waals surface area contributed by atoms with E-state index in [0.717, 1.165) is 30.4 Å². The molecule has 1 N–H and O–H groups in total. The van der Waals surface area contributed by atoms with Gasteiger partial charge in [-0.2, -0.15) is 5.10 Å². The largest absolute Gasteiger partial charge is 0.311 e. The summed E-state index contributed by atoms with van der Waals surface area (Å²) >= 11 is 0. The number of benzene rings is 1. The maximum atomic E-state index is 4.60. The molecule has 0 fully saturated rings. The van der Waals surface area contributed by atoms with Crippen molar-refractivity contribution in [2.45, 2.75) is 25.8 Å². The maximum absolute atomic E-state index is 4.60. The summed E-state index contributed by atoms with van der Waals surface area (Å²) in [5.41, 5.74) is 2.20. The van der Waals surface area contributed by atoms with Crippen molar-refractivity contribution in [3.8, 4) is 5.69 Å². The second kappa shape index (κ2) is 6.53. The molecule has 0 radical (unpaired) electrons. The molecule has 104 valence electrons. The Balaban J connectivity index is 1.51. The summed E-state index contributed by atoms with van der Waals surface area (Å²) in [5, 5.41) is 8.13. The Morgan fingerprint density at radius 2 is 2.05 bits per heavy atom. The summed E-state index contributed by atoms with van der Waals surface area (Å²) in [6.07, 6.45) is 10.4. The zero-order chi connectivity index (χ0) is 13.6. The first-order chi connectivity index (χ1) is 9.92. The van der Waals surface area contributed by atoms with Gasteiger partial charge in [-0.05, 0) is 49.9 Å². The molecule has 1 unspecified atom stereocenters. The minimum Gasteiger partial charge on any atom is -0.311 e. The summed E-state index contributed by atoms with van der Waals surface area (Å²) in [7, 11) is 0. The van der Waals surface area contributed by atoms with Crippen LogP contribution >= 0.6 is 0 Å². The quantitative estimate of drug-likeness (QED) is 0.842. The van der Waals surface area contributed by atoms with Crippen molar-refractivity contribution in [1.82, 2.24) is 15.1 Å². The summed E-state index contributed by atoms with van der Waals surface area (Å²) in [6, 6.07) is 12.3. The first-order valence-electron chi connectivity index (χ1n) is 7.37. The number of aromatic nitrogens is 2. The van der Waals surface area contributed by atoms with Gasteiger partial charge in [0.2, 0.25) is 0 Å². The van der Waals surface area contributed by atoms with E-state index in [9.17, 15) is 0 Å². The van der Waals surface area contributed by atoms with Crippen molar-refractivity contribution in [3.63, 3.8) is 0 Å². The molecule has 1 aliphatic rings. The average Bonchev–Trinajstić information content (AvgIpc) is 2.98. The van der Waals surface area contributed by atoms with E-state index in [0.29, 0.717) is 0 Å². The lowest BCUT2D eigenvalue weighted by Gasteiger charge is -2.17. The van der Waals surface area contributed by atoms with Crippen molar-refractivity contribution in [1.29, 1.82) is 0 Å². The zero-order valence-electron chi connectivity index (χ0n) is 11.7. The highest BCUT2D eigenvalue weighted by molar-refractivity contribution is 5.30. The van der Waals surface area contributed by atoms with E-state index in [4.69, 9.17) is 0 Å². The number of rotatable bonds is 5. The first-order valence-corrected chi connectivity index (χ1v) is 7.37. The van der Waals surface area contributed by atoms with Gasteiger partial charge in [0.25, 0.3) is 0 Å². The van der Waals surface area contributed by atoms with Crippen LogP contribution in [0.1, 0.15) is 25.0 Å². The van der Waals surface area contributed by atoms with Gasteiger partial charge >= 0.3 is 0 Å². The van der Waals surface area contributed by atoms with Gasteiger partial charge in [0.15, 0.2) is 0 Å². The molecule has 0 aliphatic heterocycles. The predicted octanol–water partition coefficient (Wildman–Crippen LogP) is 3.32. The monoisotopic (exact) mass is 267 g/mol. The van der Waals surface area contributed by atoms with Crippen LogP contribution in [-0.4, -0.2) is 16.3 Å². The van der Waals surface area contributed by atoms with E-state index in [1.165, 1.54) is 19.3 Å². The SMILES string of the molecule is C1=CCC(CNCc2ccn(-c3ccccc3)n2)CC1. The molecule has 0 spiro atoms. The van der Waals surface area contributed by atoms with Gasteiger partial charge in [0, 0.05) is 12.7 Å². The molecule has 20 heavy (non-hydrogen) atoms. The van der Waals surface area contributed by atoms with Gasteiger partial charge in [0.05, 0.1) is 11.4 Å². The van der Waals surface area contributed by atoms with Crippen molar-refractivity contribution in [2.24, 2.45) is 5.92 Å². The van der Waals surface area contributed by atoms with Crippen LogP contribution in [0.15, 0.2) is 54.7 Å². The smallest absolute Gasteiger partial charge is 0.0766 e. The maximum Gasteiger partial charge on any atom is 0.0766 e. The van der Waals surface area contributed by atoms with Crippen molar-refractivity contribution in [3.05, 3.63) is 60.4 Å².